The number of anilines is 1. The maximum Gasteiger partial charge on any atom is 0.274 e. The third-order valence-electron chi connectivity index (χ3n) is 4.45. The monoisotopic (exact) mass is 322 g/mol. The van der Waals surface area contributed by atoms with Crippen LogP contribution < -0.4 is 5.32 Å². The first-order valence-electron chi connectivity index (χ1n) is 7.97. The first-order valence-corrected chi connectivity index (χ1v) is 7.97. The molecule has 1 amide bonds. The average molecular weight is 322 g/mol. The van der Waals surface area contributed by atoms with Crippen LogP contribution in [0, 0.1) is 0 Å². The molecule has 7 nitrogen and oxygen atoms in total. The summed E-state index contributed by atoms with van der Waals surface area (Å²) in [6.45, 7) is 1.36. The number of nitrogens with zero attached hydrogens (tertiary/aromatic N) is 5. The van der Waals surface area contributed by atoms with E-state index in [9.17, 15) is 4.79 Å². The van der Waals surface area contributed by atoms with Gasteiger partial charge in [0.25, 0.3) is 5.91 Å². The third-order valence-corrected chi connectivity index (χ3v) is 4.45. The van der Waals surface area contributed by atoms with Crippen LogP contribution in [0.1, 0.15) is 28.5 Å². The Morgan fingerprint density at radius 3 is 3.08 bits per heavy atom. The summed E-state index contributed by atoms with van der Waals surface area (Å²) in [4.78, 5) is 27.1. The molecule has 1 aliphatic heterocycles. The van der Waals surface area contributed by atoms with E-state index >= 15 is 0 Å². The quantitative estimate of drug-likeness (QED) is 0.796. The Hall–Kier alpha value is -2.96. The Balaban J connectivity index is 1.58. The van der Waals surface area contributed by atoms with Crippen LogP contribution in [0.25, 0.3) is 5.52 Å². The summed E-state index contributed by atoms with van der Waals surface area (Å²) in [6, 6.07) is 4.03. The molecule has 4 heterocycles. The lowest BCUT2D eigenvalue weighted by Crippen LogP contribution is -2.29. The van der Waals surface area contributed by atoms with Crippen molar-refractivity contribution >= 4 is 17.2 Å². The molecule has 1 aliphatic rings. The minimum Gasteiger partial charge on any atom is -0.371 e. The molecule has 24 heavy (non-hydrogen) atoms. The zero-order valence-electron chi connectivity index (χ0n) is 13.4. The second-order valence-corrected chi connectivity index (χ2v) is 5.89. The number of fused-ring (bicyclic) bond motifs is 1. The maximum atomic E-state index is 12.5. The van der Waals surface area contributed by atoms with Gasteiger partial charge in [-0.25, -0.2) is 9.97 Å². The Morgan fingerprint density at radius 1 is 1.38 bits per heavy atom. The Bertz CT molecular complexity index is 875. The molecule has 0 saturated carbocycles. The number of likely N-dealkylation sites (tertiary alicyclic amines) is 1. The lowest BCUT2D eigenvalue weighted by molar-refractivity contribution is 0.0784. The van der Waals surface area contributed by atoms with E-state index in [0.717, 1.165) is 23.4 Å². The summed E-state index contributed by atoms with van der Waals surface area (Å²) >= 11 is 0. The SMILES string of the molecule is CNc1nc([C@H]2CCN(C(=O)c3cnccn3)C2)cn2cccc12. The van der Waals surface area contributed by atoms with E-state index in [0.29, 0.717) is 18.8 Å². The molecule has 0 unspecified atom stereocenters. The average Bonchev–Trinajstić information content (AvgIpc) is 3.30. The van der Waals surface area contributed by atoms with Crippen molar-refractivity contribution in [2.45, 2.75) is 12.3 Å². The molecule has 4 rings (SSSR count). The molecule has 1 fully saturated rings. The number of hydrogen-bond acceptors (Lipinski definition) is 5. The van der Waals surface area contributed by atoms with Gasteiger partial charge in [0.2, 0.25) is 0 Å². The summed E-state index contributed by atoms with van der Waals surface area (Å²) in [6.07, 6.45) is 9.59. The van der Waals surface area contributed by atoms with E-state index in [-0.39, 0.29) is 11.8 Å². The van der Waals surface area contributed by atoms with Gasteiger partial charge in [-0.15, -0.1) is 0 Å². The molecule has 0 aromatic carbocycles. The fourth-order valence-electron chi connectivity index (χ4n) is 3.20. The van der Waals surface area contributed by atoms with Crippen molar-refractivity contribution in [2.75, 3.05) is 25.5 Å². The highest BCUT2D eigenvalue weighted by atomic mass is 16.2. The number of hydrogen-bond donors (Lipinski definition) is 1. The van der Waals surface area contributed by atoms with E-state index in [1.54, 1.807) is 12.4 Å². The normalized spacial score (nSPS) is 17.4. The van der Waals surface area contributed by atoms with Gasteiger partial charge >= 0.3 is 0 Å². The summed E-state index contributed by atoms with van der Waals surface area (Å²) < 4.78 is 2.07. The van der Waals surface area contributed by atoms with Crippen molar-refractivity contribution in [1.29, 1.82) is 0 Å². The Morgan fingerprint density at radius 2 is 2.29 bits per heavy atom. The molecule has 3 aromatic heterocycles. The largest absolute Gasteiger partial charge is 0.371 e. The Labute approximate surface area is 139 Å². The van der Waals surface area contributed by atoms with Crippen LogP contribution in [0.5, 0.6) is 0 Å². The lowest BCUT2D eigenvalue weighted by atomic mass is 10.1. The second-order valence-electron chi connectivity index (χ2n) is 5.89. The molecule has 1 atom stereocenters. The van der Waals surface area contributed by atoms with Crippen molar-refractivity contribution in [3.05, 3.63) is 54.5 Å². The van der Waals surface area contributed by atoms with Crippen LogP contribution in [-0.2, 0) is 0 Å². The molecule has 0 bridgehead atoms. The number of aromatic nitrogens is 4. The summed E-state index contributed by atoms with van der Waals surface area (Å²) in [5.41, 5.74) is 2.44. The molecular weight excluding hydrogens is 304 g/mol. The highest BCUT2D eigenvalue weighted by Gasteiger charge is 2.30. The van der Waals surface area contributed by atoms with Crippen molar-refractivity contribution in [2.24, 2.45) is 0 Å². The zero-order chi connectivity index (χ0) is 16.5. The van der Waals surface area contributed by atoms with Gasteiger partial charge in [-0.3, -0.25) is 9.78 Å². The molecule has 3 aromatic rings. The zero-order valence-corrected chi connectivity index (χ0v) is 13.4. The van der Waals surface area contributed by atoms with Crippen LogP contribution in [0.2, 0.25) is 0 Å². The fourth-order valence-corrected chi connectivity index (χ4v) is 3.20. The highest BCUT2D eigenvalue weighted by Crippen LogP contribution is 2.28. The number of carbonyl (C=O) groups excluding carboxylic acids is 1. The van der Waals surface area contributed by atoms with Gasteiger partial charge in [-0.05, 0) is 18.6 Å². The van der Waals surface area contributed by atoms with E-state index in [1.807, 2.05) is 30.3 Å². The second kappa shape index (κ2) is 5.92. The first kappa shape index (κ1) is 14.6. The number of rotatable bonds is 3. The van der Waals surface area contributed by atoms with Crippen molar-refractivity contribution in [3.63, 3.8) is 0 Å². The van der Waals surface area contributed by atoms with E-state index in [4.69, 9.17) is 4.98 Å². The van der Waals surface area contributed by atoms with Crippen molar-refractivity contribution in [1.82, 2.24) is 24.3 Å². The molecule has 0 radical (unpaired) electrons. The van der Waals surface area contributed by atoms with Gasteiger partial charge in [-0.2, -0.15) is 0 Å². The summed E-state index contributed by atoms with van der Waals surface area (Å²) in [7, 11) is 1.87. The minimum atomic E-state index is -0.0681. The van der Waals surface area contributed by atoms with Crippen molar-refractivity contribution < 1.29 is 4.79 Å². The van der Waals surface area contributed by atoms with Gasteiger partial charge in [-0.1, -0.05) is 0 Å². The maximum absolute atomic E-state index is 12.5. The van der Waals surface area contributed by atoms with E-state index < -0.39 is 0 Å². The molecule has 0 spiro atoms. The van der Waals surface area contributed by atoms with E-state index in [1.165, 1.54) is 6.20 Å². The minimum absolute atomic E-state index is 0.0681. The predicted molar refractivity (Wildman–Crippen MR) is 90.0 cm³/mol. The topological polar surface area (TPSA) is 75.4 Å². The number of carbonyl (C=O) groups is 1. The molecule has 1 saturated heterocycles. The number of nitrogens with one attached hydrogen (secondary N) is 1. The van der Waals surface area contributed by atoms with Gasteiger partial charge in [0, 0.05) is 50.8 Å². The van der Waals surface area contributed by atoms with Crippen LogP contribution in [0.3, 0.4) is 0 Å². The smallest absolute Gasteiger partial charge is 0.274 e. The van der Waals surface area contributed by atoms with E-state index in [2.05, 4.69) is 25.9 Å². The van der Waals surface area contributed by atoms with Gasteiger partial charge in [0.05, 0.1) is 17.4 Å². The summed E-state index contributed by atoms with van der Waals surface area (Å²) in [5.74, 6) is 1.02. The molecule has 122 valence electrons. The summed E-state index contributed by atoms with van der Waals surface area (Å²) in [5, 5.41) is 3.15. The third kappa shape index (κ3) is 2.47. The van der Waals surface area contributed by atoms with Gasteiger partial charge in [0.1, 0.15) is 11.5 Å². The van der Waals surface area contributed by atoms with Crippen LogP contribution in [0.4, 0.5) is 5.82 Å². The van der Waals surface area contributed by atoms with Gasteiger partial charge < -0.3 is 14.6 Å². The number of amides is 1. The lowest BCUT2D eigenvalue weighted by Gasteiger charge is -2.16. The standard InChI is InChI=1S/C17H18N6O/c1-18-16-15-3-2-7-22(15)11-14(21-16)12-4-8-23(10-12)17(24)13-9-19-5-6-20-13/h2-3,5-7,9,11-12H,4,8,10H2,1H3,(H,18,21)/t12-/m0/s1. The highest BCUT2D eigenvalue weighted by molar-refractivity contribution is 5.92. The molecule has 0 aliphatic carbocycles. The molecule has 7 heteroatoms. The van der Waals surface area contributed by atoms with Crippen LogP contribution in [0.15, 0.2) is 43.1 Å². The Kier molecular flexibility index (Phi) is 3.60. The molecule has 1 N–H and O–H groups in total. The van der Waals surface area contributed by atoms with Crippen molar-refractivity contribution in [3.8, 4) is 0 Å². The fraction of sp³-hybridized carbons (Fsp3) is 0.294. The van der Waals surface area contributed by atoms with Crippen LogP contribution in [-0.4, -0.2) is 50.3 Å². The van der Waals surface area contributed by atoms with Gasteiger partial charge in [0.15, 0.2) is 0 Å². The molecular formula is C17H18N6O. The van der Waals surface area contributed by atoms with Crippen LogP contribution >= 0.6 is 0 Å². The predicted octanol–water partition coefficient (Wildman–Crippen LogP) is 1.80. The first-order chi connectivity index (χ1) is 11.8.